The van der Waals surface area contributed by atoms with E-state index < -0.39 is 0 Å². The van der Waals surface area contributed by atoms with Gasteiger partial charge in [0.05, 0.1) is 16.3 Å². The molecule has 2 aromatic rings. The van der Waals surface area contributed by atoms with E-state index in [0.717, 1.165) is 21.5 Å². The predicted octanol–water partition coefficient (Wildman–Crippen LogP) is 2.43. The first-order valence-electron chi connectivity index (χ1n) is 5.36. The topological polar surface area (TPSA) is 56.0 Å². The minimum absolute atomic E-state index is 0.268. The summed E-state index contributed by atoms with van der Waals surface area (Å²) < 4.78 is 0. The molecule has 88 valence electrons. The van der Waals surface area contributed by atoms with E-state index in [-0.39, 0.29) is 11.7 Å². The number of rotatable bonds is 3. The van der Waals surface area contributed by atoms with Gasteiger partial charge in [0.1, 0.15) is 0 Å². The van der Waals surface area contributed by atoms with Gasteiger partial charge in [-0.2, -0.15) is 0 Å². The van der Waals surface area contributed by atoms with Crippen molar-refractivity contribution >= 4 is 28.6 Å². The maximum absolute atomic E-state index is 10.8. The number of hydrogen-bond donors (Lipinski definition) is 1. The van der Waals surface area contributed by atoms with Crippen LogP contribution in [0.3, 0.4) is 0 Å². The fourth-order valence-electron chi connectivity index (χ4n) is 1.75. The Morgan fingerprint density at radius 2 is 2.12 bits per heavy atom. The Morgan fingerprint density at radius 1 is 1.35 bits per heavy atom. The zero-order chi connectivity index (χ0) is 12.4. The van der Waals surface area contributed by atoms with E-state index >= 15 is 0 Å². The van der Waals surface area contributed by atoms with Crippen LogP contribution in [-0.2, 0) is 4.79 Å². The molecule has 17 heavy (non-hydrogen) atoms. The minimum atomic E-state index is -0.320. The van der Waals surface area contributed by atoms with Crippen molar-refractivity contribution < 1.29 is 4.79 Å². The summed E-state index contributed by atoms with van der Waals surface area (Å²) >= 11 is 1.38. The molecule has 2 rings (SSSR count). The van der Waals surface area contributed by atoms with Crippen molar-refractivity contribution in [2.24, 2.45) is 5.73 Å². The molecule has 4 heteroatoms. The Balaban J connectivity index is 2.46. The van der Waals surface area contributed by atoms with E-state index in [1.54, 1.807) is 0 Å². The molecular weight excluding hydrogens is 232 g/mol. The van der Waals surface area contributed by atoms with E-state index in [1.807, 2.05) is 25.1 Å². The average Bonchev–Trinajstić information content (AvgIpc) is 2.28. The molecule has 3 nitrogen and oxygen atoms in total. The molecule has 0 aliphatic rings. The van der Waals surface area contributed by atoms with Crippen LogP contribution in [0.25, 0.3) is 10.9 Å². The highest BCUT2D eigenvalue weighted by Gasteiger charge is 2.06. The van der Waals surface area contributed by atoms with Gasteiger partial charge in [-0.15, -0.1) is 0 Å². The number of hydrogen-bond acceptors (Lipinski definition) is 3. The summed E-state index contributed by atoms with van der Waals surface area (Å²) in [7, 11) is 0. The van der Waals surface area contributed by atoms with Crippen molar-refractivity contribution in [2.45, 2.75) is 18.9 Å². The standard InChI is InChI=1S/C13H14N2OS/c1-8-4-3-5-10-9(2)6-12(15-13(8)10)17-7-11(14)16/h3-6H,7H2,1-2H3,(H2,14,16). The van der Waals surface area contributed by atoms with Gasteiger partial charge in [0.25, 0.3) is 0 Å². The van der Waals surface area contributed by atoms with Gasteiger partial charge in [-0.3, -0.25) is 4.79 Å². The third-order valence-electron chi connectivity index (χ3n) is 2.59. The molecule has 2 N–H and O–H groups in total. The number of amides is 1. The Morgan fingerprint density at radius 3 is 2.82 bits per heavy atom. The molecule has 1 amide bonds. The van der Waals surface area contributed by atoms with Crippen molar-refractivity contribution in [2.75, 3.05) is 5.75 Å². The zero-order valence-corrected chi connectivity index (χ0v) is 10.7. The maximum Gasteiger partial charge on any atom is 0.227 e. The first-order valence-corrected chi connectivity index (χ1v) is 6.34. The Labute approximate surface area is 104 Å². The molecule has 0 aliphatic heterocycles. The van der Waals surface area contributed by atoms with E-state index in [1.165, 1.54) is 17.3 Å². The Hall–Kier alpha value is -1.55. The van der Waals surface area contributed by atoms with Crippen LogP contribution in [0.2, 0.25) is 0 Å². The number of nitrogens with zero attached hydrogens (tertiary/aromatic N) is 1. The number of carbonyl (C=O) groups is 1. The number of thioether (sulfide) groups is 1. The normalized spacial score (nSPS) is 10.7. The molecule has 0 unspecified atom stereocenters. The third-order valence-corrected chi connectivity index (χ3v) is 3.52. The number of aromatic nitrogens is 1. The number of fused-ring (bicyclic) bond motifs is 1. The third kappa shape index (κ3) is 2.58. The van der Waals surface area contributed by atoms with Crippen molar-refractivity contribution in [1.82, 2.24) is 4.98 Å². The summed E-state index contributed by atoms with van der Waals surface area (Å²) in [6.07, 6.45) is 0. The summed E-state index contributed by atoms with van der Waals surface area (Å²) in [6.45, 7) is 4.09. The van der Waals surface area contributed by atoms with Crippen molar-refractivity contribution in [1.29, 1.82) is 0 Å². The Bertz CT molecular complexity index is 581. The van der Waals surface area contributed by atoms with Crippen LogP contribution in [0, 0.1) is 13.8 Å². The van der Waals surface area contributed by atoms with Crippen LogP contribution < -0.4 is 5.73 Å². The quantitative estimate of drug-likeness (QED) is 0.846. The molecule has 0 radical (unpaired) electrons. The van der Waals surface area contributed by atoms with Gasteiger partial charge in [0.2, 0.25) is 5.91 Å². The van der Waals surface area contributed by atoms with Crippen molar-refractivity contribution in [3.63, 3.8) is 0 Å². The lowest BCUT2D eigenvalue weighted by atomic mass is 10.1. The lowest BCUT2D eigenvalue weighted by Gasteiger charge is -2.07. The summed E-state index contributed by atoms with van der Waals surface area (Å²) in [5.41, 5.74) is 8.45. The zero-order valence-electron chi connectivity index (χ0n) is 9.86. The van der Waals surface area contributed by atoms with Gasteiger partial charge in [0, 0.05) is 5.39 Å². The fraction of sp³-hybridized carbons (Fsp3) is 0.231. The van der Waals surface area contributed by atoms with Crippen LogP contribution in [0.4, 0.5) is 0 Å². The lowest BCUT2D eigenvalue weighted by Crippen LogP contribution is -2.13. The van der Waals surface area contributed by atoms with E-state index in [2.05, 4.69) is 18.0 Å². The molecule has 0 bridgehead atoms. The largest absolute Gasteiger partial charge is 0.369 e. The molecule has 0 fully saturated rings. The summed E-state index contributed by atoms with van der Waals surface area (Å²) in [6, 6.07) is 8.13. The summed E-state index contributed by atoms with van der Waals surface area (Å²) in [4.78, 5) is 15.3. The first-order chi connectivity index (χ1) is 8.08. The number of aryl methyl sites for hydroxylation is 2. The number of para-hydroxylation sites is 1. The number of pyridine rings is 1. The van der Waals surface area contributed by atoms with Crippen LogP contribution in [0.15, 0.2) is 29.3 Å². The van der Waals surface area contributed by atoms with Gasteiger partial charge in [0.15, 0.2) is 0 Å². The van der Waals surface area contributed by atoms with Crippen molar-refractivity contribution in [3.05, 3.63) is 35.4 Å². The highest BCUT2D eigenvalue weighted by atomic mass is 32.2. The summed E-state index contributed by atoms with van der Waals surface area (Å²) in [5, 5.41) is 2.01. The smallest absolute Gasteiger partial charge is 0.227 e. The molecule has 1 aromatic carbocycles. The average molecular weight is 246 g/mol. The molecule has 1 heterocycles. The highest BCUT2D eigenvalue weighted by Crippen LogP contribution is 2.25. The molecule has 0 spiro atoms. The lowest BCUT2D eigenvalue weighted by molar-refractivity contribution is -0.115. The number of primary amides is 1. The predicted molar refractivity (Wildman–Crippen MR) is 71.1 cm³/mol. The fourth-order valence-corrected chi connectivity index (χ4v) is 2.46. The van der Waals surface area contributed by atoms with Crippen LogP contribution >= 0.6 is 11.8 Å². The second kappa shape index (κ2) is 4.75. The first kappa shape index (κ1) is 11.9. The van der Waals surface area contributed by atoms with Crippen LogP contribution in [0.1, 0.15) is 11.1 Å². The maximum atomic E-state index is 10.8. The second-order valence-corrected chi connectivity index (χ2v) is 5.00. The van der Waals surface area contributed by atoms with Crippen molar-refractivity contribution in [3.8, 4) is 0 Å². The Kier molecular flexibility index (Phi) is 3.33. The van der Waals surface area contributed by atoms with Gasteiger partial charge >= 0.3 is 0 Å². The number of nitrogens with two attached hydrogens (primary N) is 1. The number of carbonyl (C=O) groups excluding carboxylic acids is 1. The molecule has 0 atom stereocenters. The molecule has 0 saturated heterocycles. The van der Waals surface area contributed by atoms with Crippen LogP contribution in [-0.4, -0.2) is 16.6 Å². The van der Waals surface area contributed by atoms with Gasteiger partial charge in [-0.1, -0.05) is 30.0 Å². The van der Waals surface area contributed by atoms with E-state index in [9.17, 15) is 4.79 Å². The molecule has 0 aliphatic carbocycles. The SMILES string of the molecule is Cc1cc(SCC(N)=O)nc2c(C)cccc12. The minimum Gasteiger partial charge on any atom is -0.369 e. The number of benzene rings is 1. The molecule has 0 saturated carbocycles. The van der Waals surface area contributed by atoms with Crippen LogP contribution in [0.5, 0.6) is 0 Å². The van der Waals surface area contributed by atoms with Gasteiger partial charge in [-0.05, 0) is 31.0 Å². The monoisotopic (exact) mass is 246 g/mol. The highest BCUT2D eigenvalue weighted by molar-refractivity contribution is 7.99. The van der Waals surface area contributed by atoms with Gasteiger partial charge < -0.3 is 5.73 Å². The summed E-state index contributed by atoms with van der Waals surface area (Å²) in [5.74, 6) is -0.0524. The van der Waals surface area contributed by atoms with E-state index in [4.69, 9.17) is 5.73 Å². The second-order valence-electron chi connectivity index (χ2n) is 4.00. The molecular formula is C13H14N2OS. The van der Waals surface area contributed by atoms with E-state index in [0.29, 0.717) is 0 Å². The van der Waals surface area contributed by atoms with Gasteiger partial charge in [-0.25, -0.2) is 4.98 Å². The molecule has 1 aromatic heterocycles.